The normalized spacial score (nSPS) is 13.4. The average molecular weight is 534 g/mol. The van der Waals surface area contributed by atoms with E-state index in [1.807, 2.05) is 23.9 Å². The van der Waals surface area contributed by atoms with Gasteiger partial charge in [-0.25, -0.2) is 0 Å². The van der Waals surface area contributed by atoms with E-state index in [9.17, 15) is 0 Å². The van der Waals surface area contributed by atoms with Crippen LogP contribution in [0.2, 0.25) is 5.02 Å². The molecular formula is C28H22BrClN2S. The zero-order valence-corrected chi connectivity index (χ0v) is 21.1. The SMILES string of the molecule is Clc1ccc(Sc2c(-c3ccc(Br)cc3)c3c4n(c(-c5ccccc5)cn24)CCCC3)cc1. The van der Waals surface area contributed by atoms with Gasteiger partial charge in [0.1, 0.15) is 5.65 Å². The molecular weight excluding hydrogens is 512 g/mol. The van der Waals surface area contributed by atoms with Gasteiger partial charge in [-0.3, -0.25) is 4.40 Å². The lowest BCUT2D eigenvalue weighted by molar-refractivity contribution is 0.646. The monoisotopic (exact) mass is 532 g/mol. The molecule has 0 aliphatic carbocycles. The van der Waals surface area contributed by atoms with Crippen LogP contribution >= 0.6 is 39.3 Å². The smallest absolute Gasteiger partial charge is 0.122 e. The van der Waals surface area contributed by atoms with Gasteiger partial charge in [-0.15, -0.1) is 0 Å². The number of imidazole rings is 1. The second-order valence-corrected chi connectivity index (χ2v) is 10.8. The van der Waals surface area contributed by atoms with Crippen molar-refractivity contribution in [2.75, 3.05) is 0 Å². The molecule has 5 heteroatoms. The van der Waals surface area contributed by atoms with E-state index in [0.717, 1.165) is 22.5 Å². The van der Waals surface area contributed by atoms with Crippen molar-refractivity contribution in [3.8, 4) is 22.4 Å². The number of aromatic nitrogens is 2. The highest BCUT2D eigenvalue weighted by Crippen LogP contribution is 2.45. The maximum absolute atomic E-state index is 6.17. The molecule has 0 fully saturated rings. The van der Waals surface area contributed by atoms with Gasteiger partial charge in [0.05, 0.1) is 10.7 Å². The second-order valence-electron chi connectivity index (χ2n) is 8.40. The molecule has 5 aromatic rings. The molecule has 0 radical (unpaired) electrons. The molecule has 1 aliphatic rings. The Labute approximate surface area is 211 Å². The third kappa shape index (κ3) is 3.84. The van der Waals surface area contributed by atoms with E-state index in [-0.39, 0.29) is 0 Å². The fraction of sp³-hybridized carbons (Fsp3) is 0.143. The van der Waals surface area contributed by atoms with Crippen molar-refractivity contribution >= 4 is 44.9 Å². The lowest BCUT2D eigenvalue weighted by Gasteiger charge is -2.10. The number of rotatable bonds is 4. The summed E-state index contributed by atoms with van der Waals surface area (Å²) in [5.41, 5.74) is 7.96. The highest BCUT2D eigenvalue weighted by molar-refractivity contribution is 9.10. The Morgan fingerprint density at radius 1 is 0.818 bits per heavy atom. The maximum Gasteiger partial charge on any atom is 0.122 e. The first kappa shape index (κ1) is 21.2. The van der Waals surface area contributed by atoms with Gasteiger partial charge in [-0.05, 0) is 66.8 Å². The van der Waals surface area contributed by atoms with Crippen molar-refractivity contribution in [1.29, 1.82) is 0 Å². The molecule has 6 rings (SSSR count). The van der Waals surface area contributed by atoms with E-state index in [2.05, 4.69) is 97.8 Å². The molecule has 1 aliphatic heterocycles. The zero-order chi connectivity index (χ0) is 22.4. The number of nitrogens with zero attached hydrogens (tertiary/aromatic N) is 2. The summed E-state index contributed by atoms with van der Waals surface area (Å²) in [6, 6.07) is 27.7. The topological polar surface area (TPSA) is 9.34 Å². The summed E-state index contributed by atoms with van der Waals surface area (Å²) < 4.78 is 6.06. The van der Waals surface area contributed by atoms with Crippen LogP contribution in [0, 0.1) is 0 Å². The Morgan fingerprint density at radius 3 is 2.33 bits per heavy atom. The third-order valence-corrected chi connectivity index (χ3v) is 8.20. The van der Waals surface area contributed by atoms with Gasteiger partial charge >= 0.3 is 0 Å². The van der Waals surface area contributed by atoms with Crippen molar-refractivity contribution in [1.82, 2.24) is 8.97 Å². The summed E-state index contributed by atoms with van der Waals surface area (Å²) in [5, 5.41) is 2.03. The van der Waals surface area contributed by atoms with E-state index in [4.69, 9.17) is 11.6 Å². The van der Waals surface area contributed by atoms with Crippen molar-refractivity contribution < 1.29 is 0 Å². The molecule has 164 valence electrons. The van der Waals surface area contributed by atoms with Crippen LogP contribution in [0.15, 0.2) is 99.5 Å². The fourth-order valence-electron chi connectivity index (χ4n) is 4.82. The molecule has 0 unspecified atom stereocenters. The van der Waals surface area contributed by atoms with Gasteiger partial charge < -0.3 is 4.57 Å². The van der Waals surface area contributed by atoms with Crippen molar-refractivity contribution in [3.63, 3.8) is 0 Å². The molecule has 2 aromatic heterocycles. The van der Waals surface area contributed by atoms with Crippen LogP contribution in [0.3, 0.4) is 0 Å². The number of benzene rings is 3. The first-order chi connectivity index (χ1) is 16.2. The minimum absolute atomic E-state index is 0.764. The lowest BCUT2D eigenvalue weighted by Crippen LogP contribution is -1.98. The Hall–Kier alpha value is -2.40. The zero-order valence-electron chi connectivity index (χ0n) is 18.0. The van der Waals surface area contributed by atoms with Crippen LogP contribution in [0.4, 0.5) is 0 Å². The van der Waals surface area contributed by atoms with E-state index < -0.39 is 0 Å². The van der Waals surface area contributed by atoms with Crippen LogP contribution < -0.4 is 0 Å². The van der Waals surface area contributed by atoms with Gasteiger partial charge in [0.2, 0.25) is 0 Å². The van der Waals surface area contributed by atoms with E-state index in [0.29, 0.717) is 0 Å². The average Bonchev–Trinajstić information content (AvgIpc) is 3.25. The fourth-order valence-corrected chi connectivity index (χ4v) is 6.29. The number of aryl methyl sites for hydroxylation is 2. The van der Waals surface area contributed by atoms with Gasteiger partial charge in [-0.1, -0.05) is 81.8 Å². The molecule has 2 nitrogen and oxygen atoms in total. The summed E-state index contributed by atoms with van der Waals surface area (Å²) in [6.45, 7) is 1.04. The summed E-state index contributed by atoms with van der Waals surface area (Å²) >= 11 is 11.6. The van der Waals surface area contributed by atoms with Crippen LogP contribution in [0.25, 0.3) is 28.0 Å². The molecule has 0 amide bonds. The Balaban J connectivity index is 1.63. The highest BCUT2D eigenvalue weighted by Gasteiger charge is 2.27. The van der Waals surface area contributed by atoms with Gasteiger partial charge in [0.15, 0.2) is 0 Å². The molecule has 0 atom stereocenters. The summed E-state index contributed by atoms with van der Waals surface area (Å²) in [6.07, 6.45) is 5.82. The first-order valence-electron chi connectivity index (χ1n) is 11.2. The van der Waals surface area contributed by atoms with Crippen molar-refractivity contribution in [2.45, 2.75) is 35.7 Å². The van der Waals surface area contributed by atoms with E-state index in [1.54, 1.807) is 0 Å². The molecule has 0 saturated heterocycles. The van der Waals surface area contributed by atoms with Gasteiger partial charge in [0, 0.05) is 38.3 Å². The minimum atomic E-state index is 0.764. The lowest BCUT2D eigenvalue weighted by atomic mass is 10.0. The van der Waals surface area contributed by atoms with E-state index in [1.165, 1.54) is 56.4 Å². The summed E-state index contributed by atoms with van der Waals surface area (Å²) in [5.74, 6) is 0. The Bertz CT molecular complexity index is 1430. The van der Waals surface area contributed by atoms with E-state index >= 15 is 0 Å². The van der Waals surface area contributed by atoms with Crippen molar-refractivity contribution in [3.05, 3.63) is 100 Å². The Morgan fingerprint density at radius 2 is 1.58 bits per heavy atom. The molecule has 0 bridgehead atoms. The maximum atomic E-state index is 6.17. The Kier molecular flexibility index (Phi) is 5.61. The quantitative estimate of drug-likeness (QED) is 0.224. The first-order valence-corrected chi connectivity index (χ1v) is 13.2. The van der Waals surface area contributed by atoms with Crippen LogP contribution in [-0.4, -0.2) is 8.97 Å². The largest absolute Gasteiger partial charge is 0.325 e. The highest BCUT2D eigenvalue weighted by atomic mass is 79.9. The predicted octanol–water partition coefficient (Wildman–Crippen LogP) is 8.98. The number of hydrogen-bond donors (Lipinski definition) is 0. The summed E-state index contributed by atoms with van der Waals surface area (Å²) in [7, 11) is 0. The van der Waals surface area contributed by atoms with Crippen LogP contribution in [0.5, 0.6) is 0 Å². The van der Waals surface area contributed by atoms with Crippen molar-refractivity contribution in [2.24, 2.45) is 0 Å². The van der Waals surface area contributed by atoms with Gasteiger partial charge in [-0.2, -0.15) is 0 Å². The number of hydrogen-bond acceptors (Lipinski definition) is 1. The molecule has 3 aromatic carbocycles. The minimum Gasteiger partial charge on any atom is -0.325 e. The molecule has 33 heavy (non-hydrogen) atoms. The van der Waals surface area contributed by atoms with Gasteiger partial charge in [0.25, 0.3) is 0 Å². The van der Waals surface area contributed by atoms with Crippen LogP contribution in [0.1, 0.15) is 18.4 Å². The van der Waals surface area contributed by atoms with Crippen LogP contribution in [-0.2, 0) is 13.0 Å². The molecule has 3 heterocycles. The standard InChI is InChI=1S/C28H22BrClN2S/c29-21-11-9-20(10-12-21)26-24-8-4-5-17-31-25(19-6-2-1-3-7-19)18-32(27(24)31)28(26)33-23-15-13-22(30)14-16-23/h1-3,6-7,9-16,18H,4-5,8,17H2. The second kappa shape index (κ2) is 8.75. The molecule has 0 spiro atoms. The predicted molar refractivity (Wildman–Crippen MR) is 142 cm³/mol. The number of halogens is 2. The summed E-state index contributed by atoms with van der Waals surface area (Å²) in [4.78, 5) is 1.19. The molecule has 0 N–H and O–H groups in total. The molecule has 0 saturated carbocycles. The third-order valence-electron chi connectivity index (χ3n) is 6.32.